The number of carbonyl (C=O) groups excluding carboxylic acids is 1. The monoisotopic (exact) mass is 270 g/mol. The van der Waals surface area contributed by atoms with Gasteiger partial charge in [0.15, 0.2) is 5.82 Å². The molecule has 0 saturated heterocycles. The number of carbonyl (C=O) groups is 1. The van der Waals surface area contributed by atoms with Crippen molar-refractivity contribution >= 4 is 17.8 Å². The van der Waals surface area contributed by atoms with Crippen molar-refractivity contribution in [2.24, 2.45) is 0 Å². The van der Waals surface area contributed by atoms with Crippen LogP contribution in [-0.2, 0) is 4.79 Å². The van der Waals surface area contributed by atoms with Gasteiger partial charge in [-0.1, -0.05) is 36.9 Å². The second-order valence-electron chi connectivity index (χ2n) is 3.92. The lowest BCUT2D eigenvalue weighted by Crippen LogP contribution is -2.39. The SMILES string of the molecule is C=CC(=O)NN(C)c1nc(N)nc(-c2ccccc2)n1. The first-order valence-corrected chi connectivity index (χ1v) is 5.84. The molecule has 2 rings (SSSR count). The summed E-state index contributed by atoms with van der Waals surface area (Å²) >= 11 is 0. The molecule has 2 aromatic rings. The Morgan fingerprint density at radius 3 is 2.65 bits per heavy atom. The topological polar surface area (TPSA) is 97.0 Å². The fourth-order valence-corrected chi connectivity index (χ4v) is 1.51. The van der Waals surface area contributed by atoms with Crippen LogP contribution < -0.4 is 16.2 Å². The normalized spacial score (nSPS) is 9.85. The zero-order chi connectivity index (χ0) is 14.5. The molecule has 0 saturated carbocycles. The van der Waals surface area contributed by atoms with Crippen LogP contribution in [0.25, 0.3) is 11.4 Å². The fourth-order valence-electron chi connectivity index (χ4n) is 1.51. The maximum absolute atomic E-state index is 11.3. The number of benzene rings is 1. The average Bonchev–Trinajstić information content (AvgIpc) is 2.47. The van der Waals surface area contributed by atoms with Gasteiger partial charge in [-0.25, -0.2) is 0 Å². The van der Waals surface area contributed by atoms with E-state index in [0.29, 0.717) is 5.82 Å². The fraction of sp³-hybridized carbons (Fsp3) is 0.0769. The van der Waals surface area contributed by atoms with Crippen LogP contribution in [0.1, 0.15) is 0 Å². The molecule has 7 nitrogen and oxygen atoms in total. The van der Waals surface area contributed by atoms with Gasteiger partial charge in [0.25, 0.3) is 5.91 Å². The van der Waals surface area contributed by atoms with Crippen LogP contribution in [-0.4, -0.2) is 27.9 Å². The minimum absolute atomic E-state index is 0.0774. The number of nitrogen functional groups attached to an aromatic ring is 1. The van der Waals surface area contributed by atoms with Crippen molar-refractivity contribution in [2.75, 3.05) is 17.8 Å². The van der Waals surface area contributed by atoms with Gasteiger partial charge in [-0.3, -0.25) is 15.2 Å². The van der Waals surface area contributed by atoms with E-state index in [9.17, 15) is 4.79 Å². The minimum atomic E-state index is -0.368. The number of nitrogens with two attached hydrogens (primary N) is 1. The van der Waals surface area contributed by atoms with Crippen LogP contribution in [0.15, 0.2) is 43.0 Å². The summed E-state index contributed by atoms with van der Waals surface area (Å²) < 4.78 is 0. The molecule has 1 heterocycles. The number of nitrogens with zero attached hydrogens (tertiary/aromatic N) is 4. The van der Waals surface area contributed by atoms with E-state index in [1.54, 1.807) is 7.05 Å². The summed E-state index contributed by atoms with van der Waals surface area (Å²) in [5.74, 6) is 0.389. The van der Waals surface area contributed by atoms with Gasteiger partial charge < -0.3 is 5.73 Å². The number of hydrogen-bond acceptors (Lipinski definition) is 6. The number of hydrazine groups is 1. The molecule has 1 amide bonds. The maximum Gasteiger partial charge on any atom is 0.261 e. The predicted octanol–water partition coefficient (Wildman–Crippen LogP) is 0.774. The van der Waals surface area contributed by atoms with Gasteiger partial charge in [-0.05, 0) is 6.08 Å². The molecule has 3 N–H and O–H groups in total. The van der Waals surface area contributed by atoms with Gasteiger partial charge in [0.05, 0.1) is 0 Å². The Morgan fingerprint density at radius 2 is 2.00 bits per heavy atom. The highest BCUT2D eigenvalue weighted by Crippen LogP contribution is 2.17. The molecule has 0 bridgehead atoms. The molecule has 102 valence electrons. The first kappa shape index (κ1) is 13.5. The molecule has 7 heteroatoms. The molecule has 0 aliphatic carbocycles. The number of nitrogens with one attached hydrogen (secondary N) is 1. The van der Waals surface area contributed by atoms with Gasteiger partial charge in [0, 0.05) is 12.6 Å². The molecule has 0 unspecified atom stereocenters. The summed E-state index contributed by atoms with van der Waals surface area (Å²) in [6.45, 7) is 3.37. The van der Waals surface area contributed by atoms with Gasteiger partial charge in [-0.2, -0.15) is 15.0 Å². The lowest BCUT2D eigenvalue weighted by Gasteiger charge is -2.17. The summed E-state index contributed by atoms with van der Waals surface area (Å²) in [6.07, 6.45) is 1.15. The molecule has 1 aromatic carbocycles. The molecule has 0 atom stereocenters. The highest BCUT2D eigenvalue weighted by molar-refractivity contribution is 5.87. The van der Waals surface area contributed by atoms with Crippen LogP contribution in [0.2, 0.25) is 0 Å². The van der Waals surface area contributed by atoms with Crippen LogP contribution in [0.3, 0.4) is 0 Å². The highest BCUT2D eigenvalue weighted by Gasteiger charge is 2.11. The van der Waals surface area contributed by atoms with Gasteiger partial charge in [0.2, 0.25) is 11.9 Å². The van der Waals surface area contributed by atoms with E-state index in [1.165, 1.54) is 5.01 Å². The third kappa shape index (κ3) is 3.08. The van der Waals surface area contributed by atoms with E-state index in [2.05, 4.69) is 27.0 Å². The smallest absolute Gasteiger partial charge is 0.261 e. The molecule has 0 spiro atoms. The van der Waals surface area contributed by atoms with E-state index in [-0.39, 0.29) is 17.8 Å². The van der Waals surface area contributed by atoms with E-state index in [0.717, 1.165) is 11.6 Å². The summed E-state index contributed by atoms with van der Waals surface area (Å²) in [6, 6.07) is 9.36. The third-order valence-electron chi connectivity index (χ3n) is 2.44. The van der Waals surface area contributed by atoms with Crippen molar-refractivity contribution < 1.29 is 4.79 Å². The summed E-state index contributed by atoms with van der Waals surface area (Å²) in [5, 5.41) is 1.36. The Kier molecular flexibility index (Phi) is 3.90. The Hall–Kier alpha value is -2.96. The third-order valence-corrected chi connectivity index (χ3v) is 2.44. The molecule has 20 heavy (non-hydrogen) atoms. The number of anilines is 2. The zero-order valence-electron chi connectivity index (χ0n) is 10.9. The summed E-state index contributed by atoms with van der Waals surface area (Å²) in [4.78, 5) is 23.6. The first-order chi connectivity index (χ1) is 9.60. The minimum Gasteiger partial charge on any atom is -0.368 e. The molecule has 0 radical (unpaired) electrons. The second-order valence-corrected chi connectivity index (χ2v) is 3.92. The van der Waals surface area contributed by atoms with Crippen molar-refractivity contribution in [3.8, 4) is 11.4 Å². The van der Waals surface area contributed by atoms with Crippen molar-refractivity contribution in [2.45, 2.75) is 0 Å². The first-order valence-electron chi connectivity index (χ1n) is 5.84. The van der Waals surface area contributed by atoms with Crippen molar-refractivity contribution in [1.29, 1.82) is 0 Å². The lowest BCUT2D eigenvalue weighted by molar-refractivity contribution is -0.116. The van der Waals surface area contributed by atoms with E-state index in [4.69, 9.17) is 5.73 Å². The maximum atomic E-state index is 11.3. The molecule has 1 aromatic heterocycles. The molecule has 0 aliphatic heterocycles. The molecule has 0 aliphatic rings. The van der Waals surface area contributed by atoms with Crippen LogP contribution >= 0.6 is 0 Å². The van der Waals surface area contributed by atoms with Crippen LogP contribution in [0.5, 0.6) is 0 Å². The average molecular weight is 270 g/mol. The Morgan fingerprint density at radius 1 is 1.30 bits per heavy atom. The van der Waals surface area contributed by atoms with Crippen LogP contribution in [0.4, 0.5) is 11.9 Å². The van der Waals surface area contributed by atoms with Gasteiger partial charge >= 0.3 is 0 Å². The summed E-state index contributed by atoms with van der Waals surface area (Å²) in [5.41, 5.74) is 9.01. The van der Waals surface area contributed by atoms with E-state index in [1.807, 2.05) is 30.3 Å². The van der Waals surface area contributed by atoms with E-state index < -0.39 is 0 Å². The zero-order valence-corrected chi connectivity index (χ0v) is 10.9. The molecule has 0 fully saturated rings. The Bertz CT molecular complexity index is 628. The number of hydrogen-bond donors (Lipinski definition) is 2. The van der Waals surface area contributed by atoms with Crippen molar-refractivity contribution in [1.82, 2.24) is 20.4 Å². The highest BCUT2D eigenvalue weighted by atomic mass is 16.2. The lowest BCUT2D eigenvalue weighted by atomic mass is 10.2. The van der Waals surface area contributed by atoms with Gasteiger partial charge in [-0.15, -0.1) is 0 Å². The quantitative estimate of drug-likeness (QED) is 0.629. The van der Waals surface area contributed by atoms with E-state index >= 15 is 0 Å². The van der Waals surface area contributed by atoms with Crippen molar-refractivity contribution in [3.05, 3.63) is 43.0 Å². The molecular formula is C13H14N6O. The second kappa shape index (κ2) is 5.79. The number of rotatable bonds is 4. The largest absolute Gasteiger partial charge is 0.368 e. The number of amides is 1. The standard InChI is InChI=1S/C13H14N6O/c1-3-10(20)18-19(2)13-16-11(15-12(14)17-13)9-7-5-4-6-8-9/h3-8H,1H2,2H3,(H,18,20)(H2,14,15,16,17). The van der Waals surface area contributed by atoms with Crippen molar-refractivity contribution in [3.63, 3.8) is 0 Å². The number of aromatic nitrogens is 3. The Labute approximate surface area is 116 Å². The summed E-state index contributed by atoms with van der Waals surface area (Å²) in [7, 11) is 1.60. The molecular weight excluding hydrogens is 256 g/mol. The van der Waals surface area contributed by atoms with Crippen LogP contribution in [0, 0.1) is 0 Å². The predicted molar refractivity (Wildman–Crippen MR) is 76.4 cm³/mol. The van der Waals surface area contributed by atoms with Gasteiger partial charge in [0.1, 0.15) is 0 Å². The Balaban J connectivity index is 2.34.